The summed E-state index contributed by atoms with van der Waals surface area (Å²) in [6.45, 7) is 18.7. The maximum absolute atomic E-state index is 10.2. The van der Waals surface area contributed by atoms with Crippen molar-refractivity contribution in [1.29, 1.82) is 5.26 Å². The number of nitriles is 1. The summed E-state index contributed by atoms with van der Waals surface area (Å²) in [7, 11) is 1.33. The molecule has 0 radical (unpaired) electrons. The molecule has 0 fully saturated rings. The van der Waals surface area contributed by atoms with E-state index in [0.717, 1.165) is 6.08 Å². The van der Waals surface area contributed by atoms with Crippen molar-refractivity contribution >= 4 is 41.1 Å². The smallest absolute Gasteiger partial charge is 0.332 e. The fraction of sp³-hybridized carbons (Fsp3) is 0.176. The van der Waals surface area contributed by atoms with Gasteiger partial charge in [-0.25, -0.2) is 14.4 Å². The molecular weight excluding hydrogens is 385 g/mol. The summed E-state index contributed by atoms with van der Waals surface area (Å²) in [5.74, 6) is -2.26. The lowest BCUT2D eigenvalue weighted by Gasteiger charge is -1.91. The Bertz CT molecular complexity index is 532. The monoisotopic (exact) mass is 407 g/mol. The first-order chi connectivity index (χ1) is 11.7. The van der Waals surface area contributed by atoms with Crippen LogP contribution in [0.1, 0.15) is 13.8 Å². The van der Waals surface area contributed by atoms with Gasteiger partial charge in [-0.15, -0.1) is 0 Å². The zero-order valence-corrected chi connectivity index (χ0v) is 16.4. The van der Waals surface area contributed by atoms with Crippen LogP contribution in [0.4, 0.5) is 0 Å². The van der Waals surface area contributed by atoms with Crippen LogP contribution in [-0.2, 0) is 19.1 Å². The molecule has 2 N–H and O–H groups in total. The molecule has 0 saturated heterocycles. The van der Waals surface area contributed by atoms with E-state index < -0.39 is 11.9 Å². The lowest BCUT2D eigenvalue weighted by molar-refractivity contribution is -0.136. The zero-order chi connectivity index (χ0) is 22.3. The highest BCUT2D eigenvalue weighted by molar-refractivity contribution is 6.55. The molecule has 0 aromatic heterocycles. The largest absolute Gasteiger partial charge is 0.478 e. The zero-order valence-electron chi connectivity index (χ0n) is 14.9. The Morgan fingerprint density at radius 3 is 1.27 bits per heavy atom. The van der Waals surface area contributed by atoms with Crippen molar-refractivity contribution in [2.24, 2.45) is 0 Å². The van der Waals surface area contributed by atoms with Gasteiger partial charge in [0.1, 0.15) is 0 Å². The fourth-order valence-corrected chi connectivity index (χ4v) is 0.174. The van der Waals surface area contributed by atoms with Crippen molar-refractivity contribution in [2.75, 3.05) is 7.11 Å². The number of carboxylic acid groups (broad SMARTS) is 2. The van der Waals surface area contributed by atoms with Gasteiger partial charge in [0.15, 0.2) is 0 Å². The number of allylic oxidation sites excluding steroid dienone is 1. The first-order valence-corrected chi connectivity index (χ1v) is 6.98. The van der Waals surface area contributed by atoms with Crippen LogP contribution in [-0.4, -0.2) is 35.2 Å². The highest BCUT2D eigenvalue weighted by atomic mass is 35.5. The molecule has 7 nitrogen and oxygen atoms in total. The van der Waals surface area contributed by atoms with E-state index in [0.29, 0.717) is 5.57 Å². The summed E-state index contributed by atoms with van der Waals surface area (Å²) < 4.78 is 4.38. The Balaban J connectivity index is -0.0000000720. The number of hydrogen-bond donors (Lipinski definition) is 2. The van der Waals surface area contributed by atoms with Gasteiger partial charge in [-0.2, -0.15) is 5.26 Å². The van der Waals surface area contributed by atoms with Crippen LogP contribution in [0.3, 0.4) is 0 Å². The van der Waals surface area contributed by atoms with Gasteiger partial charge in [-0.3, -0.25) is 0 Å². The second-order valence-corrected chi connectivity index (χ2v) is 4.68. The summed E-state index contributed by atoms with van der Waals surface area (Å²) in [6.07, 6.45) is 2.01. The molecule has 0 aromatic rings. The number of carbonyl (C=O) groups is 3. The van der Waals surface area contributed by atoms with Gasteiger partial charge in [-0.05, 0) is 13.8 Å². The highest BCUT2D eigenvalue weighted by Crippen LogP contribution is 1.98. The number of methoxy groups -OCH3 is 1. The number of nitrogens with zero attached hydrogens (tertiary/aromatic N) is 1. The molecule has 146 valence electrons. The van der Waals surface area contributed by atoms with Gasteiger partial charge in [0.25, 0.3) is 0 Å². The number of ether oxygens (including phenoxy) is 1. The van der Waals surface area contributed by atoms with Crippen molar-refractivity contribution in [3.05, 3.63) is 60.7 Å². The minimum absolute atomic E-state index is 0.111. The van der Waals surface area contributed by atoms with E-state index in [-0.39, 0.29) is 16.0 Å². The van der Waals surface area contributed by atoms with Crippen LogP contribution in [0.25, 0.3) is 0 Å². The topological polar surface area (TPSA) is 125 Å². The Morgan fingerprint density at radius 1 is 1.04 bits per heavy atom. The maximum Gasteiger partial charge on any atom is 0.332 e. The predicted octanol–water partition coefficient (Wildman–Crippen LogP) is 4.27. The number of halogens is 2. The number of hydrogen-bond acceptors (Lipinski definition) is 5. The molecule has 26 heavy (non-hydrogen) atoms. The van der Waals surface area contributed by atoms with Crippen LogP contribution in [0.15, 0.2) is 60.7 Å². The molecule has 0 bridgehead atoms. The third-order valence-electron chi connectivity index (χ3n) is 1.16. The molecule has 0 heterocycles. The minimum atomic E-state index is -0.981. The van der Waals surface area contributed by atoms with Gasteiger partial charge in [0, 0.05) is 23.3 Å². The molecule has 0 saturated carbocycles. The normalized spacial score (nSPS) is 6.62. The molecule has 0 atom stereocenters. The van der Waals surface area contributed by atoms with Gasteiger partial charge in [0.2, 0.25) is 0 Å². The Hall–Kier alpha value is -2.82. The molecular formula is C17H23Cl2NO6. The second-order valence-electron chi connectivity index (χ2n) is 3.57. The van der Waals surface area contributed by atoms with Crippen LogP contribution in [0, 0.1) is 11.3 Å². The van der Waals surface area contributed by atoms with Crippen molar-refractivity contribution in [1.82, 2.24) is 0 Å². The predicted molar refractivity (Wildman–Crippen MR) is 104 cm³/mol. The molecule has 0 aliphatic rings. The van der Waals surface area contributed by atoms with Gasteiger partial charge in [0.05, 0.1) is 17.7 Å². The lowest BCUT2D eigenvalue weighted by atomic mass is 10.4. The van der Waals surface area contributed by atoms with Crippen molar-refractivity contribution in [3.63, 3.8) is 0 Å². The van der Waals surface area contributed by atoms with Crippen molar-refractivity contribution in [2.45, 2.75) is 13.8 Å². The number of aliphatic carboxylic acids is 2. The van der Waals surface area contributed by atoms with E-state index in [4.69, 9.17) is 38.7 Å². The van der Waals surface area contributed by atoms with Crippen LogP contribution >= 0.6 is 23.2 Å². The quantitative estimate of drug-likeness (QED) is 0.406. The van der Waals surface area contributed by atoms with E-state index in [2.05, 4.69) is 37.6 Å². The number of carbonyl (C=O) groups excluding carboxylic acids is 1. The van der Waals surface area contributed by atoms with Crippen LogP contribution < -0.4 is 0 Å². The molecule has 0 aliphatic carbocycles. The minimum Gasteiger partial charge on any atom is -0.478 e. The van der Waals surface area contributed by atoms with Crippen molar-refractivity contribution in [3.8, 4) is 6.07 Å². The lowest BCUT2D eigenvalue weighted by Crippen LogP contribution is -1.98. The summed E-state index contributed by atoms with van der Waals surface area (Å²) in [4.78, 5) is 29.0. The molecule has 0 amide bonds. The molecule has 0 rings (SSSR count). The summed E-state index contributed by atoms with van der Waals surface area (Å²) in [5, 5.41) is 23.0. The number of carboxylic acids is 2. The Kier molecular flexibility index (Phi) is 35.9. The second kappa shape index (κ2) is 27.0. The van der Waals surface area contributed by atoms with E-state index >= 15 is 0 Å². The third-order valence-corrected chi connectivity index (χ3v) is 1.16. The third kappa shape index (κ3) is 83.2. The summed E-state index contributed by atoms with van der Waals surface area (Å²) >= 11 is 9.69. The summed E-state index contributed by atoms with van der Waals surface area (Å²) in [6, 6.07) is 1.69. The standard InChI is InChI=1S/C5H8O2.C4H6O2.C3H3N.C3H4O2.C2H2Cl2/c1-4(2)5(6)7-3;1-3(2)4(5)6;1-2-3-4;1-2-3(4)5;1-2(3)4/h1H2,2-3H3;1H2,2H3,(H,5,6);2H,1H2;2H,1H2,(H,4,5);1H2. The average Bonchev–Trinajstić information content (AvgIpc) is 2.54. The number of rotatable bonds is 3. The van der Waals surface area contributed by atoms with E-state index in [9.17, 15) is 14.4 Å². The highest BCUT2D eigenvalue weighted by Gasteiger charge is 1.95. The first kappa shape index (κ1) is 34.5. The number of esters is 1. The molecule has 9 heteroatoms. The van der Waals surface area contributed by atoms with E-state index in [1.807, 2.05) is 0 Å². The Morgan fingerprint density at radius 2 is 1.27 bits per heavy atom. The van der Waals surface area contributed by atoms with Crippen LogP contribution in [0.2, 0.25) is 0 Å². The molecule has 0 aliphatic heterocycles. The SMILES string of the molecule is C=C(C)C(=O)O.C=C(C)C(=O)OC.C=C(Cl)Cl.C=CC#N.C=CC(=O)O. The van der Waals surface area contributed by atoms with Crippen molar-refractivity contribution < 1.29 is 29.3 Å². The molecule has 0 aromatic carbocycles. The van der Waals surface area contributed by atoms with Gasteiger partial charge >= 0.3 is 17.9 Å². The van der Waals surface area contributed by atoms with Gasteiger partial charge in [-0.1, -0.05) is 56.1 Å². The Labute approximate surface area is 163 Å². The average molecular weight is 408 g/mol. The van der Waals surface area contributed by atoms with E-state index in [1.54, 1.807) is 13.0 Å². The summed E-state index contributed by atoms with van der Waals surface area (Å²) in [5.41, 5.74) is 0.609. The first-order valence-electron chi connectivity index (χ1n) is 6.23. The molecule has 0 spiro atoms. The van der Waals surface area contributed by atoms with Gasteiger partial charge < -0.3 is 14.9 Å². The van der Waals surface area contributed by atoms with E-state index in [1.165, 1.54) is 20.1 Å². The fourth-order valence-electron chi connectivity index (χ4n) is 0.174. The maximum atomic E-state index is 10.2. The van der Waals surface area contributed by atoms with Crippen LogP contribution in [0.5, 0.6) is 0 Å². The molecule has 0 unspecified atom stereocenters.